The Morgan fingerprint density at radius 2 is 1.56 bits per heavy atom. The number of methoxy groups -OCH3 is 3. The normalized spacial score (nSPS) is 19.2. The Balaban J connectivity index is 1.58. The lowest BCUT2D eigenvalue weighted by Crippen LogP contribution is -2.26. The monoisotopic (exact) mass is 456 g/mol. The second kappa shape index (κ2) is 9.14. The van der Waals surface area contributed by atoms with Crippen molar-refractivity contribution < 1.29 is 19.0 Å². The highest BCUT2D eigenvalue weighted by Gasteiger charge is 2.36. The summed E-state index contributed by atoms with van der Waals surface area (Å²) in [4.78, 5) is 13.7. The number of anilines is 2. The van der Waals surface area contributed by atoms with Gasteiger partial charge in [0, 0.05) is 17.7 Å². The number of hydrogen-bond acceptors (Lipinski definition) is 6. The van der Waals surface area contributed by atoms with E-state index in [1.165, 1.54) is 0 Å². The molecule has 0 saturated heterocycles. The standard InChI is InChI=1S/C28H28N2O4/c1-32-20-8-6-7-18(13-20)28-27-23(29-21-9-4-5-10-22(21)30-28)14-19(15-24(27)31)17-11-12-25(33-2)26(16-17)34-3/h4-13,16,19,28-30H,14-15H2,1-3H3/t19-,28-/m1/s1. The largest absolute Gasteiger partial charge is 0.497 e. The van der Waals surface area contributed by atoms with Crippen LogP contribution in [-0.2, 0) is 4.79 Å². The fraction of sp³-hybridized carbons (Fsp3) is 0.250. The average Bonchev–Trinajstić information content (AvgIpc) is 3.05. The van der Waals surface area contributed by atoms with Gasteiger partial charge < -0.3 is 24.8 Å². The smallest absolute Gasteiger partial charge is 0.163 e. The number of allylic oxidation sites excluding steroid dienone is 1. The van der Waals surface area contributed by atoms with Crippen molar-refractivity contribution in [3.05, 3.63) is 89.1 Å². The summed E-state index contributed by atoms with van der Waals surface area (Å²) in [5, 5.41) is 7.19. The van der Waals surface area contributed by atoms with E-state index in [9.17, 15) is 4.79 Å². The molecule has 0 fully saturated rings. The third-order valence-electron chi connectivity index (χ3n) is 6.62. The molecule has 2 aliphatic rings. The van der Waals surface area contributed by atoms with Gasteiger partial charge in [0.25, 0.3) is 0 Å². The zero-order valence-electron chi connectivity index (χ0n) is 19.6. The zero-order chi connectivity index (χ0) is 23.7. The molecule has 1 aliphatic carbocycles. The third kappa shape index (κ3) is 3.96. The maximum Gasteiger partial charge on any atom is 0.163 e. The number of rotatable bonds is 5. The predicted molar refractivity (Wildman–Crippen MR) is 133 cm³/mol. The van der Waals surface area contributed by atoms with Crippen molar-refractivity contribution in [1.82, 2.24) is 0 Å². The molecule has 0 bridgehead atoms. The summed E-state index contributed by atoms with van der Waals surface area (Å²) >= 11 is 0. The number of nitrogens with one attached hydrogen (secondary N) is 2. The number of Topliss-reactive ketones (excluding diaryl/α,β-unsaturated/α-hetero) is 1. The predicted octanol–water partition coefficient (Wildman–Crippen LogP) is 5.69. The molecule has 6 nitrogen and oxygen atoms in total. The number of carbonyl (C=O) groups is 1. The summed E-state index contributed by atoms with van der Waals surface area (Å²) in [7, 11) is 4.90. The Bertz CT molecular complexity index is 1270. The van der Waals surface area contributed by atoms with Crippen LogP contribution in [0.1, 0.15) is 35.9 Å². The highest BCUT2D eigenvalue weighted by molar-refractivity contribution is 6.01. The minimum Gasteiger partial charge on any atom is -0.497 e. The lowest BCUT2D eigenvalue weighted by molar-refractivity contribution is -0.116. The molecule has 0 aromatic heterocycles. The van der Waals surface area contributed by atoms with Crippen molar-refractivity contribution in [2.45, 2.75) is 24.8 Å². The topological polar surface area (TPSA) is 68.8 Å². The summed E-state index contributed by atoms with van der Waals surface area (Å²) < 4.78 is 16.4. The molecular formula is C28H28N2O4. The molecule has 2 atom stereocenters. The molecule has 1 aliphatic heterocycles. The molecule has 3 aromatic carbocycles. The van der Waals surface area contributed by atoms with Gasteiger partial charge in [0.05, 0.1) is 38.7 Å². The molecule has 0 saturated carbocycles. The Hall–Kier alpha value is -3.93. The molecule has 2 N–H and O–H groups in total. The Morgan fingerprint density at radius 3 is 2.32 bits per heavy atom. The first-order chi connectivity index (χ1) is 16.6. The molecule has 3 aromatic rings. The van der Waals surface area contributed by atoms with Crippen molar-refractivity contribution in [1.29, 1.82) is 0 Å². The van der Waals surface area contributed by atoms with E-state index in [-0.39, 0.29) is 17.7 Å². The maximum atomic E-state index is 13.7. The highest BCUT2D eigenvalue weighted by Crippen LogP contribution is 2.45. The van der Waals surface area contributed by atoms with Crippen LogP contribution in [0, 0.1) is 0 Å². The van der Waals surface area contributed by atoms with Crippen LogP contribution in [-0.4, -0.2) is 27.1 Å². The van der Waals surface area contributed by atoms with Gasteiger partial charge in [-0.15, -0.1) is 0 Å². The molecule has 34 heavy (non-hydrogen) atoms. The van der Waals surface area contributed by atoms with Gasteiger partial charge in [0.1, 0.15) is 5.75 Å². The Kier molecular flexibility index (Phi) is 5.88. The van der Waals surface area contributed by atoms with Crippen molar-refractivity contribution in [3.63, 3.8) is 0 Å². The molecule has 5 rings (SSSR count). The Morgan fingerprint density at radius 1 is 0.765 bits per heavy atom. The van der Waals surface area contributed by atoms with Gasteiger partial charge >= 0.3 is 0 Å². The van der Waals surface area contributed by atoms with Crippen LogP contribution in [0.3, 0.4) is 0 Å². The number of ether oxygens (including phenoxy) is 3. The molecule has 174 valence electrons. The van der Waals surface area contributed by atoms with E-state index in [1.807, 2.05) is 66.7 Å². The SMILES string of the molecule is COc1cccc([C@H]2Nc3ccccc3NC3=C2C(=O)C[C@H](c2ccc(OC)c(OC)c2)C3)c1. The third-order valence-corrected chi connectivity index (χ3v) is 6.62. The minimum atomic E-state index is -0.278. The van der Waals surface area contributed by atoms with Crippen molar-refractivity contribution in [3.8, 4) is 17.2 Å². The molecule has 6 heteroatoms. The molecule has 1 heterocycles. The minimum absolute atomic E-state index is 0.0368. The Labute approximate surface area is 199 Å². The van der Waals surface area contributed by atoms with E-state index >= 15 is 0 Å². The molecular weight excluding hydrogens is 428 g/mol. The van der Waals surface area contributed by atoms with Crippen molar-refractivity contribution in [2.24, 2.45) is 0 Å². The molecule has 0 unspecified atom stereocenters. The molecule has 0 radical (unpaired) electrons. The zero-order valence-corrected chi connectivity index (χ0v) is 19.6. The lowest BCUT2D eigenvalue weighted by Gasteiger charge is -2.30. The van der Waals surface area contributed by atoms with E-state index in [0.29, 0.717) is 24.3 Å². The fourth-order valence-electron chi connectivity index (χ4n) is 4.91. The number of carbonyl (C=O) groups excluding carboxylic acids is 1. The fourth-order valence-corrected chi connectivity index (χ4v) is 4.91. The summed E-state index contributed by atoms with van der Waals surface area (Å²) in [5.41, 5.74) is 5.69. The second-order valence-corrected chi connectivity index (χ2v) is 8.56. The van der Waals surface area contributed by atoms with Crippen LogP contribution in [0.5, 0.6) is 17.2 Å². The summed E-state index contributed by atoms with van der Waals surface area (Å²) in [6, 6.07) is 21.6. The van der Waals surface area contributed by atoms with Gasteiger partial charge in [-0.1, -0.05) is 30.3 Å². The first-order valence-corrected chi connectivity index (χ1v) is 11.4. The van der Waals surface area contributed by atoms with Crippen LogP contribution in [0.15, 0.2) is 78.0 Å². The van der Waals surface area contributed by atoms with Gasteiger partial charge in [0.2, 0.25) is 0 Å². The van der Waals surface area contributed by atoms with Crippen molar-refractivity contribution in [2.75, 3.05) is 32.0 Å². The van der Waals surface area contributed by atoms with Gasteiger partial charge in [-0.05, 0) is 59.9 Å². The van der Waals surface area contributed by atoms with E-state index in [2.05, 4.69) is 10.6 Å². The van der Waals surface area contributed by atoms with Gasteiger partial charge in [-0.2, -0.15) is 0 Å². The number of hydrogen-bond donors (Lipinski definition) is 2. The van der Waals surface area contributed by atoms with Crippen LogP contribution in [0.25, 0.3) is 0 Å². The summed E-state index contributed by atoms with van der Waals surface area (Å²) in [6.07, 6.45) is 1.14. The average molecular weight is 457 g/mol. The van der Waals surface area contributed by atoms with Crippen LogP contribution in [0.2, 0.25) is 0 Å². The first kappa shape index (κ1) is 21.9. The van der Waals surface area contributed by atoms with E-state index in [4.69, 9.17) is 14.2 Å². The van der Waals surface area contributed by atoms with Gasteiger partial charge in [-0.3, -0.25) is 4.79 Å². The highest BCUT2D eigenvalue weighted by atomic mass is 16.5. The van der Waals surface area contributed by atoms with Gasteiger partial charge in [0.15, 0.2) is 17.3 Å². The van der Waals surface area contributed by atoms with Gasteiger partial charge in [-0.25, -0.2) is 0 Å². The maximum absolute atomic E-state index is 13.7. The quantitative estimate of drug-likeness (QED) is 0.514. The van der Waals surface area contributed by atoms with Crippen LogP contribution in [0.4, 0.5) is 11.4 Å². The van der Waals surface area contributed by atoms with Crippen LogP contribution < -0.4 is 24.8 Å². The van der Waals surface area contributed by atoms with Crippen molar-refractivity contribution >= 4 is 17.2 Å². The first-order valence-electron chi connectivity index (χ1n) is 11.4. The molecule has 0 spiro atoms. The second-order valence-electron chi connectivity index (χ2n) is 8.56. The lowest BCUT2D eigenvalue weighted by atomic mass is 9.78. The van der Waals surface area contributed by atoms with E-state index in [0.717, 1.165) is 39.5 Å². The van der Waals surface area contributed by atoms with E-state index in [1.54, 1.807) is 21.3 Å². The number of para-hydroxylation sites is 2. The molecule has 0 amide bonds. The van der Waals surface area contributed by atoms with E-state index < -0.39 is 0 Å². The number of benzene rings is 3. The summed E-state index contributed by atoms with van der Waals surface area (Å²) in [6.45, 7) is 0. The summed E-state index contributed by atoms with van der Waals surface area (Å²) in [5.74, 6) is 2.27. The number of fused-ring (bicyclic) bond motifs is 1. The number of ketones is 1. The van der Waals surface area contributed by atoms with Crippen LogP contribution >= 0.6 is 0 Å².